The molecule has 0 aliphatic carbocycles. The third-order valence-electron chi connectivity index (χ3n) is 5.60. The number of nitrogens with zero attached hydrogens (tertiary/aromatic N) is 4. The van der Waals surface area contributed by atoms with Crippen LogP contribution in [-0.2, 0) is 4.79 Å². The molecule has 0 aliphatic rings. The number of nitrogens with one attached hydrogen (secondary N) is 2. The van der Waals surface area contributed by atoms with Gasteiger partial charge in [0.2, 0.25) is 11.9 Å². The van der Waals surface area contributed by atoms with Gasteiger partial charge in [-0.15, -0.1) is 0 Å². The molecule has 0 saturated carbocycles. The van der Waals surface area contributed by atoms with Gasteiger partial charge in [-0.05, 0) is 53.9 Å². The summed E-state index contributed by atoms with van der Waals surface area (Å²) in [6.45, 7) is 3.59. The van der Waals surface area contributed by atoms with Gasteiger partial charge in [-0.2, -0.15) is 4.98 Å². The second kappa shape index (κ2) is 9.15. The topological polar surface area (TPSA) is 84.7 Å². The smallest absolute Gasteiger partial charge is 0.225 e. The van der Waals surface area contributed by atoms with E-state index in [1.54, 1.807) is 12.5 Å². The lowest BCUT2D eigenvalue weighted by Gasteiger charge is -2.14. The van der Waals surface area contributed by atoms with Crippen molar-refractivity contribution in [3.63, 3.8) is 0 Å². The van der Waals surface area contributed by atoms with Crippen LogP contribution in [-0.4, -0.2) is 25.4 Å². The van der Waals surface area contributed by atoms with Gasteiger partial charge in [0, 0.05) is 18.8 Å². The predicted molar refractivity (Wildman–Crippen MR) is 135 cm³/mol. The molecule has 7 heteroatoms. The minimum Gasteiger partial charge on any atom is -0.348 e. The first kappa shape index (κ1) is 21.3. The van der Waals surface area contributed by atoms with E-state index in [0.717, 1.165) is 33.7 Å². The standard InChI is InChI=1S/C27H24N6O/c1-18(20-7-4-3-5-8-20)30-27-28-14-13-26(32-27)33-17-29-24-16-22(11-12-25(24)33)21-9-6-10-23(15-21)31-19(2)34/h3-18H,1-2H3,(H,31,34)(H,28,30,32)/t18-/m0/s1. The van der Waals surface area contributed by atoms with Gasteiger partial charge in [-0.3, -0.25) is 9.36 Å². The molecule has 0 bridgehead atoms. The lowest BCUT2D eigenvalue weighted by molar-refractivity contribution is -0.114. The fraction of sp³-hybridized carbons (Fsp3) is 0.111. The molecule has 0 aliphatic heterocycles. The first-order valence-electron chi connectivity index (χ1n) is 11.1. The largest absolute Gasteiger partial charge is 0.348 e. The number of fused-ring (bicyclic) bond motifs is 1. The Bertz CT molecular complexity index is 1460. The molecule has 5 rings (SSSR count). The Balaban J connectivity index is 1.42. The van der Waals surface area contributed by atoms with Gasteiger partial charge >= 0.3 is 0 Å². The van der Waals surface area contributed by atoms with E-state index in [-0.39, 0.29) is 11.9 Å². The highest BCUT2D eigenvalue weighted by Crippen LogP contribution is 2.27. The fourth-order valence-electron chi connectivity index (χ4n) is 3.93. The number of hydrogen-bond acceptors (Lipinski definition) is 5. The number of aromatic nitrogens is 4. The molecule has 7 nitrogen and oxygen atoms in total. The fourth-order valence-corrected chi connectivity index (χ4v) is 3.93. The Morgan fingerprint density at radius 1 is 0.912 bits per heavy atom. The lowest BCUT2D eigenvalue weighted by atomic mass is 10.0. The number of carbonyl (C=O) groups is 1. The summed E-state index contributed by atoms with van der Waals surface area (Å²) in [5.41, 5.74) is 5.76. The highest BCUT2D eigenvalue weighted by Gasteiger charge is 2.11. The third-order valence-corrected chi connectivity index (χ3v) is 5.60. The summed E-state index contributed by atoms with van der Waals surface area (Å²) in [6.07, 6.45) is 3.52. The van der Waals surface area contributed by atoms with Gasteiger partial charge in [0.15, 0.2) is 0 Å². The first-order valence-corrected chi connectivity index (χ1v) is 11.1. The quantitative estimate of drug-likeness (QED) is 0.352. The molecular weight excluding hydrogens is 424 g/mol. The van der Waals surface area contributed by atoms with Crippen molar-refractivity contribution in [3.05, 3.63) is 97.0 Å². The number of hydrogen-bond donors (Lipinski definition) is 2. The maximum absolute atomic E-state index is 11.4. The van der Waals surface area contributed by atoms with E-state index in [2.05, 4.69) is 39.7 Å². The maximum atomic E-state index is 11.4. The summed E-state index contributed by atoms with van der Waals surface area (Å²) in [5, 5.41) is 6.20. The van der Waals surface area contributed by atoms with Gasteiger partial charge in [0.1, 0.15) is 12.1 Å². The normalized spacial score (nSPS) is 11.8. The van der Waals surface area contributed by atoms with E-state index in [4.69, 9.17) is 4.98 Å². The van der Waals surface area contributed by atoms with Crippen LogP contribution in [0.25, 0.3) is 28.0 Å². The van der Waals surface area contributed by atoms with E-state index in [9.17, 15) is 4.79 Å². The molecule has 0 saturated heterocycles. The van der Waals surface area contributed by atoms with Crippen LogP contribution in [0.3, 0.4) is 0 Å². The molecule has 5 aromatic rings. The van der Waals surface area contributed by atoms with Crippen LogP contribution in [0.2, 0.25) is 0 Å². The van der Waals surface area contributed by atoms with E-state index in [1.165, 1.54) is 12.5 Å². The van der Waals surface area contributed by atoms with Crippen molar-refractivity contribution < 1.29 is 4.79 Å². The average Bonchev–Trinajstić information content (AvgIpc) is 3.28. The Morgan fingerprint density at radius 3 is 2.56 bits per heavy atom. The van der Waals surface area contributed by atoms with Crippen LogP contribution in [0.15, 0.2) is 91.4 Å². The highest BCUT2D eigenvalue weighted by atomic mass is 16.1. The van der Waals surface area contributed by atoms with Gasteiger partial charge in [0.05, 0.1) is 17.1 Å². The third kappa shape index (κ3) is 4.49. The number of amides is 1. The van der Waals surface area contributed by atoms with Gasteiger partial charge in [-0.25, -0.2) is 9.97 Å². The molecular formula is C27H24N6O. The minimum absolute atomic E-state index is 0.0757. The lowest BCUT2D eigenvalue weighted by Crippen LogP contribution is -2.10. The van der Waals surface area contributed by atoms with Crippen LogP contribution in [0, 0.1) is 0 Å². The number of anilines is 2. The van der Waals surface area contributed by atoms with E-state index < -0.39 is 0 Å². The van der Waals surface area contributed by atoms with E-state index >= 15 is 0 Å². The van der Waals surface area contributed by atoms with E-state index in [1.807, 2.05) is 71.3 Å². The zero-order valence-electron chi connectivity index (χ0n) is 18.9. The van der Waals surface area contributed by atoms with Crippen molar-refractivity contribution in [1.29, 1.82) is 0 Å². The first-order chi connectivity index (χ1) is 16.6. The zero-order chi connectivity index (χ0) is 23.5. The van der Waals surface area contributed by atoms with Crippen LogP contribution in [0.4, 0.5) is 11.6 Å². The molecule has 2 aromatic heterocycles. The van der Waals surface area contributed by atoms with Gasteiger partial charge in [0.25, 0.3) is 0 Å². The number of benzene rings is 3. The molecule has 34 heavy (non-hydrogen) atoms. The summed E-state index contributed by atoms with van der Waals surface area (Å²) in [6, 6.07) is 26.0. The summed E-state index contributed by atoms with van der Waals surface area (Å²) >= 11 is 0. The molecule has 1 atom stereocenters. The molecule has 2 N–H and O–H groups in total. The van der Waals surface area contributed by atoms with Gasteiger partial charge in [-0.1, -0.05) is 48.5 Å². The van der Waals surface area contributed by atoms with Crippen LogP contribution < -0.4 is 10.6 Å². The van der Waals surface area contributed by atoms with Crippen molar-refractivity contribution in [2.24, 2.45) is 0 Å². The SMILES string of the molecule is CC(=O)Nc1cccc(-c2ccc3c(c2)ncn3-c2ccnc(N[C@@H](C)c3ccccc3)n2)c1. The Hall–Kier alpha value is -4.52. The predicted octanol–water partition coefficient (Wildman–Crippen LogP) is 5.61. The van der Waals surface area contributed by atoms with Crippen molar-refractivity contribution in [1.82, 2.24) is 19.5 Å². The molecule has 0 spiro atoms. The Morgan fingerprint density at radius 2 is 1.74 bits per heavy atom. The summed E-state index contributed by atoms with van der Waals surface area (Å²) in [7, 11) is 0. The summed E-state index contributed by atoms with van der Waals surface area (Å²) < 4.78 is 1.95. The van der Waals surface area contributed by atoms with Crippen molar-refractivity contribution in [2.45, 2.75) is 19.9 Å². The Labute approximate surface area is 197 Å². The van der Waals surface area contributed by atoms with E-state index in [0.29, 0.717) is 5.95 Å². The minimum atomic E-state index is -0.0942. The molecule has 3 aromatic carbocycles. The van der Waals surface area contributed by atoms with Crippen LogP contribution >= 0.6 is 0 Å². The molecule has 0 radical (unpaired) electrons. The maximum Gasteiger partial charge on any atom is 0.225 e. The van der Waals surface area contributed by atoms with Gasteiger partial charge < -0.3 is 10.6 Å². The van der Waals surface area contributed by atoms with Crippen molar-refractivity contribution >= 4 is 28.6 Å². The summed E-state index contributed by atoms with van der Waals surface area (Å²) in [4.78, 5) is 25.1. The van der Waals surface area contributed by atoms with Crippen molar-refractivity contribution in [2.75, 3.05) is 10.6 Å². The van der Waals surface area contributed by atoms with Crippen LogP contribution in [0.1, 0.15) is 25.5 Å². The van der Waals surface area contributed by atoms with Crippen molar-refractivity contribution in [3.8, 4) is 16.9 Å². The number of imidazole rings is 1. The zero-order valence-corrected chi connectivity index (χ0v) is 18.9. The highest BCUT2D eigenvalue weighted by molar-refractivity contribution is 5.90. The summed E-state index contributed by atoms with van der Waals surface area (Å²) in [5.74, 6) is 1.20. The average molecular weight is 449 g/mol. The van der Waals surface area contributed by atoms with Crippen LogP contribution in [0.5, 0.6) is 0 Å². The molecule has 0 fully saturated rings. The molecule has 168 valence electrons. The Kier molecular flexibility index (Phi) is 5.74. The molecule has 2 heterocycles. The number of rotatable bonds is 6. The number of carbonyl (C=O) groups excluding carboxylic acids is 1. The second-order valence-electron chi connectivity index (χ2n) is 8.10. The second-order valence-corrected chi connectivity index (χ2v) is 8.10. The molecule has 1 amide bonds. The molecule has 0 unspecified atom stereocenters. The monoisotopic (exact) mass is 448 g/mol.